The standard InChI is InChI=1S/C20H23FN2O.CH4N2/c21-18-8-6-16(7-9-18)20(24)17-10-12-23(13-11-17)14-19(22)15-4-2-1-3-5-15;2-1-3/h1-9,17,19H,10-14,22H2;1H,(H3,2,3). The summed E-state index contributed by atoms with van der Waals surface area (Å²) >= 11 is 0. The fourth-order valence-electron chi connectivity index (χ4n) is 3.31. The van der Waals surface area contributed by atoms with Gasteiger partial charge in [0.15, 0.2) is 5.78 Å². The van der Waals surface area contributed by atoms with Gasteiger partial charge in [-0.1, -0.05) is 30.3 Å². The Morgan fingerprint density at radius 1 is 1.15 bits per heavy atom. The van der Waals surface area contributed by atoms with Crippen molar-refractivity contribution in [2.24, 2.45) is 17.4 Å². The van der Waals surface area contributed by atoms with E-state index in [1.807, 2.05) is 18.2 Å². The molecular formula is C21H27FN4O. The predicted molar refractivity (Wildman–Crippen MR) is 106 cm³/mol. The Kier molecular flexibility index (Phi) is 8.10. The second-order valence-corrected chi connectivity index (χ2v) is 6.63. The number of nitrogens with one attached hydrogen (secondary N) is 1. The van der Waals surface area contributed by atoms with E-state index in [0.29, 0.717) is 5.56 Å². The molecule has 0 radical (unpaired) electrons. The number of ketones is 1. The molecule has 5 nitrogen and oxygen atoms in total. The molecule has 1 heterocycles. The summed E-state index contributed by atoms with van der Waals surface area (Å²) < 4.78 is 13.0. The first-order chi connectivity index (χ1) is 13.0. The zero-order chi connectivity index (χ0) is 19.6. The third kappa shape index (κ3) is 6.27. The van der Waals surface area contributed by atoms with Crippen LogP contribution in [-0.2, 0) is 0 Å². The number of likely N-dealkylation sites (tertiary alicyclic amines) is 1. The van der Waals surface area contributed by atoms with Crippen molar-refractivity contribution in [3.8, 4) is 0 Å². The molecule has 1 saturated heterocycles. The second-order valence-electron chi connectivity index (χ2n) is 6.63. The molecular weight excluding hydrogens is 343 g/mol. The van der Waals surface area contributed by atoms with Gasteiger partial charge in [0.25, 0.3) is 0 Å². The summed E-state index contributed by atoms with van der Waals surface area (Å²) in [6.45, 7) is 2.55. The normalized spacial score (nSPS) is 16.1. The van der Waals surface area contributed by atoms with E-state index in [-0.39, 0.29) is 23.6 Å². The van der Waals surface area contributed by atoms with Crippen LogP contribution in [0.25, 0.3) is 0 Å². The van der Waals surface area contributed by atoms with Crippen LogP contribution >= 0.6 is 0 Å². The SMILES string of the molecule is N=CN.NC(CN1CCC(C(=O)c2ccc(F)cc2)CC1)c1ccccc1. The van der Waals surface area contributed by atoms with Crippen molar-refractivity contribution >= 4 is 12.1 Å². The summed E-state index contributed by atoms with van der Waals surface area (Å²) in [6.07, 6.45) is 2.41. The molecule has 27 heavy (non-hydrogen) atoms. The lowest BCUT2D eigenvalue weighted by Crippen LogP contribution is -2.40. The minimum absolute atomic E-state index is 0.00412. The van der Waals surface area contributed by atoms with Crippen LogP contribution in [0.15, 0.2) is 54.6 Å². The number of Topliss-reactive ketones (excluding diaryl/α,β-unsaturated/α-hetero) is 1. The topological polar surface area (TPSA) is 96.2 Å². The molecule has 2 aromatic carbocycles. The fraction of sp³-hybridized carbons (Fsp3) is 0.333. The molecule has 0 aliphatic carbocycles. The van der Waals surface area contributed by atoms with Crippen LogP contribution in [0.3, 0.4) is 0 Å². The van der Waals surface area contributed by atoms with E-state index in [4.69, 9.17) is 11.1 Å². The van der Waals surface area contributed by atoms with Gasteiger partial charge in [-0.25, -0.2) is 4.39 Å². The van der Waals surface area contributed by atoms with Gasteiger partial charge in [-0.15, -0.1) is 0 Å². The Bertz CT molecular complexity index is 713. The fourth-order valence-corrected chi connectivity index (χ4v) is 3.31. The van der Waals surface area contributed by atoms with Gasteiger partial charge in [0, 0.05) is 24.1 Å². The van der Waals surface area contributed by atoms with Gasteiger partial charge in [-0.2, -0.15) is 0 Å². The lowest BCUT2D eigenvalue weighted by atomic mass is 9.88. The zero-order valence-corrected chi connectivity index (χ0v) is 15.4. The van der Waals surface area contributed by atoms with Crippen molar-refractivity contribution in [3.05, 3.63) is 71.5 Å². The largest absolute Gasteiger partial charge is 0.390 e. The summed E-state index contributed by atoms with van der Waals surface area (Å²) in [7, 11) is 0. The van der Waals surface area contributed by atoms with Crippen LogP contribution in [-0.4, -0.2) is 36.7 Å². The van der Waals surface area contributed by atoms with Crippen LogP contribution in [0.2, 0.25) is 0 Å². The van der Waals surface area contributed by atoms with E-state index in [9.17, 15) is 9.18 Å². The average Bonchev–Trinajstić information content (AvgIpc) is 2.70. The molecule has 6 heteroatoms. The summed E-state index contributed by atoms with van der Waals surface area (Å²) in [5.41, 5.74) is 12.4. The highest BCUT2D eigenvalue weighted by molar-refractivity contribution is 5.97. The van der Waals surface area contributed by atoms with Crippen LogP contribution < -0.4 is 11.5 Å². The first-order valence-corrected chi connectivity index (χ1v) is 9.08. The van der Waals surface area contributed by atoms with E-state index in [2.05, 4.69) is 22.8 Å². The van der Waals surface area contributed by atoms with Gasteiger partial charge in [0.05, 0.1) is 6.34 Å². The smallest absolute Gasteiger partial charge is 0.166 e. The third-order valence-corrected chi connectivity index (χ3v) is 4.77. The molecule has 5 N–H and O–H groups in total. The van der Waals surface area contributed by atoms with Crippen molar-refractivity contribution in [2.75, 3.05) is 19.6 Å². The van der Waals surface area contributed by atoms with Crippen molar-refractivity contribution in [2.45, 2.75) is 18.9 Å². The molecule has 1 unspecified atom stereocenters. The number of carbonyl (C=O) groups is 1. The van der Waals surface area contributed by atoms with E-state index < -0.39 is 0 Å². The minimum atomic E-state index is -0.309. The van der Waals surface area contributed by atoms with Gasteiger partial charge >= 0.3 is 0 Å². The highest BCUT2D eigenvalue weighted by Crippen LogP contribution is 2.23. The number of hydrogen-bond donors (Lipinski definition) is 3. The summed E-state index contributed by atoms with van der Waals surface area (Å²) in [4.78, 5) is 14.8. The summed E-state index contributed by atoms with van der Waals surface area (Å²) in [5.74, 6) is -0.155. The molecule has 0 saturated carbocycles. The average molecular weight is 370 g/mol. The molecule has 2 aromatic rings. The predicted octanol–water partition coefficient (Wildman–Crippen LogP) is 2.97. The zero-order valence-electron chi connectivity index (χ0n) is 15.4. The Morgan fingerprint density at radius 2 is 1.70 bits per heavy atom. The minimum Gasteiger partial charge on any atom is -0.390 e. The maximum Gasteiger partial charge on any atom is 0.166 e. The molecule has 1 aliphatic rings. The highest BCUT2D eigenvalue weighted by Gasteiger charge is 2.26. The van der Waals surface area contributed by atoms with Gasteiger partial charge < -0.3 is 16.4 Å². The first-order valence-electron chi connectivity index (χ1n) is 9.08. The van der Waals surface area contributed by atoms with Crippen molar-refractivity contribution in [3.63, 3.8) is 0 Å². The number of nitrogens with two attached hydrogens (primary N) is 2. The van der Waals surface area contributed by atoms with Crippen LogP contribution in [0, 0.1) is 17.1 Å². The number of carbonyl (C=O) groups excluding carboxylic acids is 1. The number of benzene rings is 2. The van der Waals surface area contributed by atoms with E-state index in [1.165, 1.54) is 12.1 Å². The lowest BCUT2D eigenvalue weighted by molar-refractivity contribution is 0.0835. The molecule has 0 amide bonds. The molecule has 1 atom stereocenters. The maximum atomic E-state index is 13.0. The first kappa shape index (κ1) is 20.7. The van der Waals surface area contributed by atoms with Crippen molar-refractivity contribution in [1.82, 2.24) is 4.90 Å². The quantitative estimate of drug-likeness (QED) is 0.428. The molecule has 1 fully saturated rings. The van der Waals surface area contributed by atoms with E-state index in [1.54, 1.807) is 12.1 Å². The van der Waals surface area contributed by atoms with E-state index >= 15 is 0 Å². The number of halogens is 1. The monoisotopic (exact) mass is 370 g/mol. The van der Waals surface area contributed by atoms with Crippen LogP contribution in [0.5, 0.6) is 0 Å². The van der Waals surface area contributed by atoms with E-state index in [0.717, 1.165) is 44.4 Å². The second kappa shape index (κ2) is 10.5. The summed E-state index contributed by atoms with van der Waals surface area (Å²) in [5, 5.41) is 5.86. The number of nitrogens with zero attached hydrogens (tertiary/aromatic N) is 1. The molecule has 3 rings (SSSR count). The molecule has 144 valence electrons. The third-order valence-electron chi connectivity index (χ3n) is 4.77. The Hall–Kier alpha value is -2.57. The van der Waals surface area contributed by atoms with Crippen LogP contribution in [0.1, 0.15) is 34.8 Å². The van der Waals surface area contributed by atoms with Crippen molar-refractivity contribution in [1.29, 1.82) is 5.41 Å². The Balaban J connectivity index is 0.000000817. The van der Waals surface area contributed by atoms with Crippen molar-refractivity contribution < 1.29 is 9.18 Å². The molecule has 0 spiro atoms. The number of piperidine rings is 1. The Labute approximate surface area is 159 Å². The number of rotatable bonds is 5. The maximum absolute atomic E-state index is 13.0. The molecule has 0 aromatic heterocycles. The van der Waals surface area contributed by atoms with Gasteiger partial charge in [-0.3, -0.25) is 10.2 Å². The van der Waals surface area contributed by atoms with Crippen LogP contribution in [0.4, 0.5) is 4.39 Å². The lowest BCUT2D eigenvalue weighted by Gasteiger charge is -2.33. The van der Waals surface area contributed by atoms with Gasteiger partial charge in [0.1, 0.15) is 5.82 Å². The van der Waals surface area contributed by atoms with Gasteiger partial charge in [-0.05, 0) is 55.8 Å². The molecule has 0 bridgehead atoms. The van der Waals surface area contributed by atoms with Gasteiger partial charge in [0.2, 0.25) is 0 Å². The highest BCUT2D eigenvalue weighted by atomic mass is 19.1. The Morgan fingerprint density at radius 3 is 2.26 bits per heavy atom. The number of hydrogen-bond acceptors (Lipinski definition) is 4. The molecule has 1 aliphatic heterocycles. The summed E-state index contributed by atoms with van der Waals surface area (Å²) in [6, 6.07) is 15.9.